The van der Waals surface area contributed by atoms with Crippen molar-refractivity contribution in [2.75, 3.05) is 26.4 Å². The van der Waals surface area contributed by atoms with Crippen molar-refractivity contribution in [3.63, 3.8) is 0 Å². The van der Waals surface area contributed by atoms with Crippen LogP contribution in [-0.2, 0) is 23.7 Å². The SMILES string of the molecule is CCCCCCCCCCCCCCCCOCC(N)CO[C@@H]1OC(COC(C)=O)[C@@H](O)[C@H](O)C1N. The zero-order valence-corrected chi connectivity index (χ0v) is 22.8. The van der Waals surface area contributed by atoms with Crippen LogP contribution in [0.5, 0.6) is 0 Å². The second-order valence-electron chi connectivity index (χ2n) is 10.2. The fraction of sp³-hybridized carbons (Fsp3) is 0.963. The van der Waals surface area contributed by atoms with E-state index in [1.54, 1.807) is 0 Å². The molecule has 1 rings (SSSR count). The molecule has 0 aromatic rings. The van der Waals surface area contributed by atoms with Crippen LogP contribution in [0.4, 0.5) is 0 Å². The van der Waals surface area contributed by atoms with Gasteiger partial charge in [-0.1, -0.05) is 90.4 Å². The zero-order valence-electron chi connectivity index (χ0n) is 22.8. The van der Waals surface area contributed by atoms with Gasteiger partial charge in [0.25, 0.3) is 0 Å². The fourth-order valence-electron chi connectivity index (χ4n) is 4.34. The molecule has 1 saturated heterocycles. The van der Waals surface area contributed by atoms with Crippen molar-refractivity contribution in [2.24, 2.45) is 11.5 Å². The van der Waals surface area contributed by atoms with Gasteiger partial charge in [-0.25, -0.2) is 0 Å². The highest BCUT2D eigenvalue weighted by molar-refractivity contribution is 5.65. The van der Waals surface area contributed by atoms with E-state index in [4.69, 9.17) is 30.4 Å². The Bertz CT molecular complexity index is 540. The van der Waals surface area contributed by atoms with Crippen molar-refractivity contribution < 1.29 is 34.0 Å². The maximum Gasteiger partial charge on any atom is 0.302 e. The molecule has 9 heteroatoms. The molecule has 3 unspecified atom stereocenters. The standard InChI is InChI=1S/C27H54N2O7/c1-3-4-5-6-7-8-9-10-11-12-13-14-15-16-17-33-18-22(28)19-35-27-24(29)26(32)25(31)23(36-27)20-34-21(2)30/h22-27,31-32H,3-20,28-29H2,1-2H3/t22?,23?,24?,25-,26-,27-/m1/s1. The van der Waals surface area contributed by atoms with Crippen molar-refractivity contribution in [2.45, 2.75) is 140 Å². The molecule has 9 nitrogen and oxygen atoms in total. The van der Waals surface area contributed by atoms with Crippen molar-refractivity contribution in [3.8, 4) is 0 Å². The zero-order chi connectivity index (χ0) is 26.6. The number of carbonyl (C=O) groups excluding carboxylic acids is 1. The Morgan fingerprint density at radius 2 is 1.39 bits per heavy atom. The van der Waals surface area contributed by atoms with Crippen LogP contribution in [0.25, 0.3) is 0 Å². The Hall–Kier alpha value is -0.810. The summed E-state index contributed by atoms with van der Waals surface area (Å²) in [5, 5.41) is 20.2. The van der Waals surface area contributed by atoms with Gasteiger partial charge < -0.3 is 40.6 Å². The van der Waals surface area contributed by atoms with Crippen LogP contribution in [0.1, 0.15) is 104 Å². The molecule has 1 aliphatic heterocycles. The molecule has 0 radical (unpaired) electrons. The second kappa shape index (κ2) is 21.2. The van der Waals surface area contributed by atoms with E-state index < -0.39 is 36.6 Å². The van der Waals surface area contributed by atoms with E-state index in [0.29, 0.717) is 13.2 Å². The van der Waals surface area contributed by atoms with Crippen LogP contribution < -0.4 is 11.5 Å². The molecule has 1 aliphatic rings. The van der Waals surface area contributed by atoms with E-state index in [9.17, 15) is 15.0 Å². The molecule has 1 fully saturated rings. The van der Waals surface area contributed by atoms with E-state index in [0.717, 1.165) is 12.8 Å². The lowest BCUT2D eigenvalue weighted by molar-refractivity contribution is -0.268. The highest BCUT2D eigenvalue weighted by Gasteiger charge is 2.43. The van der Waals surface area contributed by atoms with Gasteiger partial charge in [-0.3, -0.25) is 4.79 Å². The second-order valence-corrected chi connectivity index (χ2v) is 10.2. The summed E-state index contributed by atoms with van der Waals surface area (Å²) in [7, 11) is 0. The van der Waals surface area contributed by atoms with Gasteiger partial charge in [-0.05, 0) is 6.42 Å². The van der Waals surface area contributed by atoms with Crippen molar-refractivity contribution in [1.82, 2.24) is 0 Å². The summed E-state index contributed by atoms with van der Waals surface area (Å²) < 4.78 is 21.8. The Balaban J connectivity index is 1.99. The first kappa shape index (κ1) is 33.2. The maximum absolute atomic E-state index is 11.0. The van der Waals surface area contributed by atoms with Crippen LogP contribution in [-0.4, -0.2) is 79.3 Å². The average molecular weight is 519 g/mol. The van der Waals surface area contributed by atoms with Gasteiger partial charge in [0.15, 0.2) is 6.29 Å². The molecular weight excluding hydrogens is 464 g/mol. The summed E-state index contributed by atoms with van der Waals surface area (Å²) >= 11 is 0. The summed E-state index contributed by atoms with van der Waals surface area (Å²) in [6.45, 7) is 4.46. The summed E-state index contributed by atoms with van der Waals surface area (Å²) in [5.74, 6) is -0.509. The molecule has 0 aromatic carbocycles. The van der Waals surface area contributed by atoms with Crippen LogP contribution in [0.2, 0.25) is 0 Å². The van der Waals surface area contributed by atoms with Gasteiger partial charge in [-0.15, -0.1) is 0 Å². The Labute approximate surface area is 218 Å². The number of rotatable bonds is 22. The van der Waals surface area contributed by atoms with Crippen LogP contribution >= 0.6 is 0 Å². The van der Waals surface area contributed by atoms with Crippen molar-refractivity contribution >= 4 is 5.97 Å². The van der Waals surface area contributed by atoms with E-state index in [2.05, 4.69) is 6.92 Å². The van der Waals surface area contributed by atoms with E-state index in [-0.39, 0.29) is 19.3 Å². The quantitative estimate of drug-likeness (QED) is 0.125. The van der Waals surface area contributed by atoms with Crippen LogP contribution in [0.3, 0.4) is 0 Å². The molecule has 6 N–H and O–H groups in total. The Morgan fingerprint density at radius 3 is 1.92 bits per heavy atom. The molecule has 214 valence electrons. The summed E-state index contributed by atoms with van der Waals surface area (Å²) in [6.07, 6.45) is 14.1. The molecule has 0 bridgehead atoms. The lowest BCUT2D eigenvalue weighted by atomic mass is 9.98. The fourth-order valence-corrected chi connectivity index (χ4v) is 4.34. The third-order valence-electron chi connectivity index (χ3n) is 6.65. The smallest absolute Gasteiger partial charge is 0.302 e. The van der Waals surface area contributed by atoms with Crippen LogP contribution in [0.15, 0.2) is 0 Å². The number of nitrogens with two attached hydrogens (primary N) is 2. The molecule has 1 heterocycles. The van der Waals surface area contributed by atoms with Gasteiger partial charge >= 0.3 is 5.97 Å². The molecule has 0 saturated carbocycles. The first-order valence-electron chi connectivity index (χ1n) is 14.2. The molecule has 0 spiro atoms. The lowest BCUT2D eigenvalue weighted by Crippen LogP contribution is -2.63. The highest BCUT2D eigenvalue weighted by atomic mass is 16.7. The van der Waals surface area contributed by atoms with Gasteiger partial charge in [0.2, 0.25) is 0 Å². The number of carbonyl (C=O) groups is 1. The Kier molecular flexibility index (Phi) is 19.5. The average Bonchev–Trinajstić information content (AvgIpc) is 2.86. The minimum absolute atomic E-state index is 0.125. The Morgan fingerprint density at radius 1 is 0.861 bits per heavy atom. The van der Waals surface area contributed by atoms with Gasteiger partial charge in [0.1, 0.15) is 24.9 Å². The summed E-state index contributed by atoms with van der Waals surface area (Å²) in [6, 6.07) is -1.32. The third kappa shape index (κ3) is 15.4. The maximum atomic E-state index is 11.0. The minimum atomic E-state index is -1.28. The molecule has 0 aliphatic carbocycles. The van der Waals surface area contributed by atoms with Gasteiger partial charge in [0, 0.05) is 13.5 Å². The highest BCUT2D eigenvalue weighted by Crippen LogP contribution is 2.21. The summed E-state index contributed by atoms with van der Waals surface area (Å²) in [4.78, 5) is 11.0. The normalized spacial score (nSPS) is 25.1. The molecule has 0 amide bonds. The van der Waals surface area contributed by atoms with E-state index >= 15 is 0 Å². The number of aliphatic hydroxyl groups excluding tert-OH is 2. The monoisotopic (exact) mass is 518 g/mol. The van der Waals surface area contributed by atoms with Crippen molar-refractivity contribution in [1.29, 1.82) is 0 Å². The van der Waals surface area contributed by atoms with Crippen molar-refractivity contribution in [3.05, 3.63) is 0 Å². The van der Waals surface area contributed by atoms with E-state index in [1.165, 1.54) is 84.0 Å². The first-order chi connectivity index (χ1) is 17.4. The predicted molar refractivity (Wildman–Crippen MR) is 140 cm³/mol. The van der Waals surface area contributed by atoms with Gasteiger partial charge in [-0.2, -0.15) is 0 Å². The first-order valence-corrected chi connectivity index (χ1v) is 14.2. The molecule has 0 aromatic heterocycles. The molecule has 6 atom stereocenters. The van der Waals surface area contributed by atoms with Gasteiger partial charge in [0.05, 0.1) is 25.3 Å². The third-order valence-corrected chi connectivity index (χ3v) is 6.65. The summed E-state index contributed by atoms with van der Waals surface area (Å²) in [5.41, 5.74) is 12.0. The number of hydrogen-bond donors (Lipinski definition) is 4. The molecular formula is C27H54N2O7. The molecule has 36 heavy (non-hydrogen) atoms. The minimum Gasteiger partial charge on any atom is -0.463 e. The number of hydrogen-bond acceptors (Lipinski definition) is 9. The largest absolute Gasteiger partial charge is 0.463 e. The van der Waals surface area contributed by atoms with E-state index in [1.807, 2.05) is 0 Å². The number of ether oxygens (including phenoxy) is 4. The lowest BCUT2D eigenvalue weighted by Gasteiger charge is -2.40. The van der Waals surface area contributed by atoms with Crippen LogP contribution in [0, 0.1) is 0 Å². The predicted octanol–water partition coefficient (Wildman–Crippen LogP) is 3.17. The topological polar surface area (TPSA) is 146 Å². The number of unbranched alkanes of at least 4 members (excludes halogenated alkanes) is 13. The number of esters is 1. The number of aliphatic hydroxyl groups is 2.